The maximum Gasteiger partial charge on any atom is 0.150 e. The average molecular weight is 281 g/mol. The van der Waals surface area contributed by atoms with Crippen LogP contribution in [0, 0.1) is 0 Å². The highest BCUT2D eigenvalue weighted by molar-refractivity contribution is 6.39. The Kier molecular flexibility index (Phi) is 2.38. The van der Waals surface area contributed by atoms with Crippen LogP contribution in [0.3, 0.4) is 0 Å². The summed E-state index contributed by atoms with van der Waals surface area (Å²) in [4.78, 5) is 13.7. The van der Waals surface area contributed by atoms with Crippen LogP contribution in [0.2, 0.25) is 10.0 Å². The maximum absolute atomic E-state index is 10.7. The van der Waals surface area contributed by atoms with Gasteiger partial charge in [0.05, 0.1) is 16.2 Å². The van der Waals surface area contributed by atoms with Crippen molar-refractivity contribution in [2.24, 2.45) is 0 Å². The largest absolute Gasteiger partial charge is 0.506 e. The first-order valence-electron chi connectivity index (χ1n) is 5.04. The number of allylic oxidation sites excluding steroid dienone is 1. The molecule has 1 aromatic heterocycles. The van der Waals surface area contributed by atoms with E-state index < -0.39 is 0 Å². The van der Waals surface area contributed by atoms with Gasteiger partial charge in [0.15, 0.2) is 5.94 Å². The fourth-order valence-electron chi connectivity index (χ4n) is 2.00. The second kappa shape index (κ2) is 3.82. The van der Waals surface area contributed by atoms with Crippen LogP contribution < -0.4 is 5.32 Å². The Bertz CT molecular complexity index is 755. The number of anilines is 1. The van der Waals surface area contributed by atoms with Gasteiger partial charge < -0.3 is 15.4 Å². The van der Waals surface area contributed by atoms with Crippen molar-refractivity contribution < 1.29 is 9.90 Å². The molecule has 2 heterocycles. The van der Waals surface area contributed by atoms with Crippen LogP contribution in [-0.2, 0) is 4.79 Å². The molecule has 2 aromatic rings. The summed E-state index contributed by atoms with van der Waals surface area (Å²) in [5.74, 6) is 1.65. The minimum atomic E-state index is -0.0505. The van der Waals surface area contributed by atoms with Crippen LogP contribution in [0.1, 0.15) is 5.69 Å². The van der Waals surface area contributed by atoms with Crippen molar-refractivity contribution in [1.29, 1.82) is 0 Å². The first-order valence-corrected chi connectivity index (χ1v) is 5.79. The normalized spacial score (nSPS) is 13.9. The van der Waals surface area contributed by atoms with E-state index in [0.29, 0.717) is 32.3 Å². The Morgan fingerprint density at radius 3 is 2.78 bits per heavy atom. The van der Waals surface area contributed by atoms with Crippen molar-refractivity contribution in [1.82, 2.24) is 4.98 Å². The number of hydrogen-bond acceptors (Lipinski definition) is 3. The van der Waals surface area contributed by atoms with Crippen LogP contribution in [0.4, 0.5) is 5.69 Å². The maximum atomic E-state index is 10.7. The van der Waals surface area contributed by atoms with E-state index in [1.54, 1.807) is 18.1 Å². The summed E-state index contributed by atoms with van der Waals surface area (Å²) in [7, 11) is 0. The van der Waals surface area contributed by atoms with Gasteiger partial charge in [-0.1, -0.05) is 23.2 Å². The highest BCUT2D eigenvalue weighted by atomic mass is 35.5. The molecule has 0 radical (unpaired) electrons. The number of halogens is 2. The predicted molar refractivity (Wildman–Crippen MR) is 71.8 cm³/mol. The molecule has 0 amide bonds. The second-order valence-electron chi connectivity index (χ2n) is 3.86. The van der Waals surface area contributed by atoms with Crippen molar-refractivity contribution in [2.75, 3.05) is 5.32 Å². The highest BCUT2D eigenvalue weighted by Crippen LogP contribution is 2.40. The van der Waals surface area contributed by atoms with Gasteiger partial charge >= 0.3 is 0 Å². The van der Waals surface area contributed by atoms with Gasteiger partial charge in [0.25, 0.3) is 0 Å². The van der Waals surface area contributed by atoms with Gasteiger partial charge in [-0.3, -0.25) is 0 Å². The number of aromatic amines is 1. The molecule has 1 aromatic carbocycles. The molecule has 6 heteroatoms. The molecule has 18 heavy (non-hydrogen) atoms. The predicted octanol–water partition coefficient (Wildman–Crippen LogP) is 3.51. The van der Waals surface area contributed by atoms with E-state index in [0.717, 1.165) is 0 Å². The minimum absolute atomic E-state index is 0.0505. The topological polar surface area (TPSA) is 65.1 Å². The lowest BCUT2D eigenvalue weighted by atomic mass is 10.1. The van der Waals surface area contributed by atoms with Gasteiger partial charge in [-0.2, -0.15) is 0 Å². The molecular formula is C12H6Cl2N2O2. The zero-order chi connectivity index (χ0) is 12.9. The van der Waals surface area contributed by atoms with Gasteiger partial charge in [-0.25, -0.2) is 4.79 Å². The van der Waals surface area contributed by atoms with Gasteiger partial charge in [0.2, 0.25) is 0 Å². The summed E-state index contributed by atoms with van der Waals surface area (Å²) in [5, 5.41) is 14.3. The van der Waals surface area contributed by atoms with E-state index in [4.69, 9.17) is 23.2 Å². The van der Waals surface area contributed by atoms with Gasteiger partial charge in [0.1, 0.15) is 17.2 Å². The zero-order valence-electron chi connectivity index (χ0n) is 8.84. The summed E-state index contributed by atoms with van der Waals surface area (Å²) in [6, 6.07) is 3.29. The molecule has 1 aliphatic heterocycles. The van der Waals surface area contributed by atoms with Crippen molar-refractivity contribution >= 4 is 51.5 Å². The monoisotopic (exact) mass is 280 g/mol. The molecule has 0 spiro atoms. The summed E-state index contributed by atoms with van der Waals surface area (Å²) in [6.45, 7) is 0. The standard InChI is InChI=1S/C12H6Cl2N2O2/c13-5-1-7(14)10-8(2-5)16-11-9(18)3-6(4-17)15-12(10)11/h1-3,15-16,18H. The van der Waals surface area contributed by atoms with E-state index in [-0.39, 0.29) is 11.5 Å². The SMILES string of the molecule is O=C=C1C=C(O)c2[nH]c3cc(Cl)cc(Cl)c3c2N1. The summed E-state index contributed by atoms with van der Waals surface area (Å²) >= 11 is 12.0. The molecule has 3 N–H and O–H groups in total. The number of rotatable bonds is 0. The van der Waals surface area contributed by atoms with Crippen LogP contribution >= 0.6 is 23.2 Å². The van der Waals surface area contributed by atoms with E-state index in [1.807, 2.05) is 0 Å². The Balaban J connectivity index is 2.40. The lowest BCUT2D eigenvalue weighted by molar-refractivity contribution is 0.508. The number of aromatic nitrogens is 1. The summed E-state index contributed by atoms with van der Waals surface area (Å²) in [6.07, 6.45) is 1.29. The number of hydrogen-bond donors (Lipinski definition) is 3. The van der Waals surface area contributed by atoms with Gasteiger partial charge in [-0.05, 0) is 12.1 Å². The zero-order valence-corrected chi connectivity index (χ0v) is 10.4. The number of aliphatic hydroxyl groups excluding tert-OH is 1. The molecule has 0 aliphatic carbocycles. The summed E-state index contributed by atoms with van der Waals surface area (Å²) < 4.78 is 0. The molecule has 1 aliphatic rings. The third-order valence-electron chi connectivity index (χ3n) is 2.72. The number of benzene rings is 1. The number of carbonyl (C=O) groups excluding carboxylic acids is 1. The quantitative estimate of drug-likeness (QED) is 0.647. The first-order chi connectivity index (χ1) is 8.60. The van der Waals surface area contributed by atoms with Crippen LogP contribution in [0.15, 0.2) is 23.9 Å². The van der Waals surface area contributed by atoms with E-state index in [2.05, 4.69) is 10.3 Å². The Morgan fingerprint density at radius 2 is 2.06 bits per heavy atom. The van der Waals surface area contributed by atoms with Crippen LogP contribution in [-0.4, -0.2) is 16.0 Å². The number of fused-ring (bicyclic) bond motifs is 3. The molecule has 0 saturated carbocycles. The number of nitrogens with one attached hydrogen (secondary N) is 2. The fraction of sp³-hybridized carbons (Fsp3) is 0. The van der Waals surface area contributed by atoms with Crippen molar-refractivity contribution in [2.45, 2.75) is 0 Å². The molecule has 0 fully saturated rings. The Hall–Kier alpha value is -1.87. The fourth-order valence-corrected chi connectivity index (χ4v) is 2.59. The smallest absolute Gasteiger partial charge is 0.150 e. The van der Waals surface area contributed by atoms with Crippen LogP contribution in [0.5, 0.6) is 0 Å². The summed E-state index contributed by atoms with van der Waals surface area (Å²) in [5.41, 5.74) is 1.84. The van der Waals surface area contributed by atoms with Gasteiger partial charge in [0, 0.05) is 16.5 Å². The second-order valence-corrected chi connectivity index (χ2v) is 4.70. The van der Waals surface area contributed by atoms with Crippen molar-refractivity contribution in [3.8, 4) is 0 Å². The minimum Gasteiger partial charge on any atom is -0.506 e. The van der Waals surface area contributed by atoms with E-state index in [9.17, 15) is 9.90 Å². The number of aliphatic hydroxyl groups is 1. The van der Waals surface area contributed by atoms with Crippen molar-refractivity contribution in [3.05, 3.63) is 39.6 Å². The first kappa shape index (κ1) is 11.2. The van der Waals surface area contributed by atoms with E-state index >= 15 is 0 Å². The molecule has 0 unspecified atom stereocenters. The van der Waals surface area contributed by atoms with Gasteiger partial charge in [-0.15, -0.1) is 0 Å². The molecule has 0 saturated heterocycles. The number of H-pyrrole nitrogens is 1. The lowest BCUT2D eigenvalue weighted by Crippen LogP contribution is -2.06. The molecule has 90 valence electrons. The third kappa shape index (κ3) is 1.51. The molecule has 4 nitrogen and oxygen atoms in total. The molecule has 0 bridgehead atoms. The Morgan fingerprint density at radius 1 is 1.28 bits per heavy atom. The highest BCUT2D eigenvalue weighted by Gasteiger charge is 2.22. The molecule has 3 rings (SSSR count). The van der Waals surface area contributed by atoms with Crippen LogP contribution in [0.25, 0.3) is 16.7 Å². The lowest BCUT2D eigenvalue weighted by Gasteiger charge is -2.12. The molecule has 0 atom stereocenters. The average Bonchev–Trinajstić information content (AvgIpc) is 2.67. The Labute approximate surface area is 112 Å². The third-order valence-corrected chi connectivity index (χ3v) is 3.24. The molecular weight excluding hydrogens is 275 g/mol. The van der Waals surface area contributed by atoms with E-state index in [1.165, 1.54) is 6.08 Å². The van der Waals surface area contributed by atoms with Crippen molar-refractivity contribution in [3.63, 3.8) is 0 Å².